The minimum absolute atomic E-state index is 0.0694. The van der Waals surface area contributed by atoms with E-state index in [1.807, 2.05) is 62.2 Å². The summed E-state index contributed by atoms with van der Waals surface area (Å²) in [6.45, 7) is 5.11. The zero-order chi connectivity index (χ0) is 20.3. The van der Waals surface area contributed by atoms with Crippen LogP contribution in [0.2, 0.25) is 0 Å². The van der Waals surface area contributed by atoms with E-state index in [-0.39, 0.29) is 31.0 Å². The second kappa shape index (κ2) is 8.44. The predicted octanol–water partition coefficient (Wildman–Crippen LogP) is 2.30. The lowest BCUT2D eigenvalue weighted by molar-refractivity contribution is -0.121. The first-order valence-corrected chi connectivity index (χ1v) is 9.51. The van der Waals surface area contributed by atoms with Crippen LogP contribution in [-0.4, -0.2) is 61.2 Å². The first-order chi connectivity index (χ1) is 13.4. The number of carbonyl (C=O) groups excluding carboxylic acids is 2. The number of amides is 2. The van der Waals surface area contributed by atoms with Crippen LogP contribution in [0.15, 0.2) is 48.5 Å². The number of nitrogens with zero attached hydrogens (tertiary/aromatic N) is 3. The number of benzene rings is 2. The Morgan fingerprint density at radius 1 is 1.18 bits per heavy atom. The Bertz CT molecular complexity index is 850. The number of likely N-dealkylation sites (N-methyl/N-ethyl adjacent to an activating group) is 1. The smallest absolute Gasteiger partial charge is 0.254 e. The predicted molar refractivity (Wildman–Crippen MR) is 111 cm³/mol. The van der Waals surface area contributed by atoms with Crippen LogP contribution in [-0.2, 0) is 4.79 Å². The van der Waals surface area contributed by atoms with Gasteiger partial charge in [-0.1, -0.05) is 18.2 Å². The fraction of sp³-hybridized carbons (Fsp3) is 0.364. The standard InChI is InChI=1S/C22H27N3O3/c1-16-6-4-5-7-20(16)25-14-17(2)24(15-21(25)27)22(28)18-8-10-19(11-9-18)23(3)12-13-26/h4-11,17,26H,12-15H2,1-3H3/t17-/m1/s1. The van der Waals surface area contributed by atoms with Gasteiger partial charge >= 0.3 is 0 Å². The normalized spacial score (nSPS) is 17.0. The third-order valence-corrected chi connectivity index (χ3v) is 5.24. The number of aliphatic hydroxyl groups is 1. The van der Waals surface area contributed by atoms with E-state index in [2.05, 4.69) is 0 Å². The maximum atomic E-state index is 13.0. The third kappa shape index (κ3) is 4.02. The molecule has 148 valence electrons. The van der Waals surface area contributed by atoms with Gasteiger partial charge in [0.2, 0.25) is 5.91 Å². The Morgan fingerprint density at radius 2 is 1.86 bits per heavy atom. The van der Waals surface area contributed by atoms with Gasteiger partial charge in [-0.15, -0.1) is 0 Å². The van der Waals surface area contributed by atoms with Crippen molar-refractivity contribution in [3.63, 3.8) is 0 Å². The number of hydrogen-bond donors (Lipinski definition) is 1. The molecular weight excluding hydrogens is 354 g/mol. The lowest BCUT2D eigenvalue weighted by Gasteiger charge is -2.40. The molecule has 6 heteroatoms. The molecule has 0 spiro atoms. The Morgan fingerprint density at radius 3 is 2.50 bits per heavy atom. The Labute approximate surface area is 166 Å². The van der Waals surface area contributed by atoms with Gasteiger partial charge in [-0.25, -0.2) is 0 Å². The van der Waals surface area contributed by atoms with Gasteiger partial charge in [0.1, 0.15) is 6.54 Å². The summed E-state index contributed by atoms with van der Waals surface area (Å²) in [7, 11) is 1.89. The molecule has 0 unspecified atom stereocenters. The van der Waals surface area contributed by atoms with Crippen LogP contribution >= 0.6 is 0 Å². The second-order valence-corrected chi connectivity index (χ2v) is 7.26. The number of para-hydroxylation sites is 1. The molecule has 0 saturated carbocycles. The third-order valence-electron chi connectivity index (χ3n) is 5.24. The molecule has 3 rings (SSSR count). The Balaban J connectivity index is 1.73. The average Bonchev–Trinajstić information content (AvgIpc) is 2.70. The summed E-state index contributed by atoms with van der Waals surface area (Å²) in [5, 5.41) is 9.05. The van der Waals surface area contributed by atoms with Gasteiger partial charge in [-0.2, -0.15) is 0 Å². The first-order valence-electron chi connectivity index (χ1n) is 9.51. The highest BCUT2D eigenvalue weighted by atomic mass is 16.3. The first kappa shape index (κ1) is 19.9. The van der Waals surface area contributed by atoms with Gasteiger partial charge in [-0.3, -0.25) is 9.59 Å². The number of rotatable bonds is 5. The lowest BCUT2D eigenvalue weighted by atomic mass is 10.1. The number of piperazine rings is 1. The van der Waals surface area contributed by atoms with Gasteiger partial charge in [0.25, 0.3) is 5.91 Å². The second-order valence-electron chi connectivity index (χ2n) is 7.26. The van der Waals surface area contributed by atoms with Crippen LogP contribution in [0, 0.1) is 6.92 Å². The van der Waals surface area contributed by atoms with E-state index in [0.29, 0.717) is 18.7 Å². The highest BCUT2D eigenvalue weighted by molar-refractivity contribution is 6.02. The molecule has 1 atom stereocenters. The quantitative estimate of drug-likeness (QED) is 0.863. The maximum absolute atomic E-state index is 13.0. The topological polar surface area (TPSA) is 64.1 Å². The van der Waals surface area contributed by atoms with Crippen molar-refractivity contribution in [3.8, 4) is 0 Å². The molecule has 6 nitrogen and oxygen atoms in total. The number of aryl methyl sites for hydroxylation is 1. The van der Waals surface area contributed by atoms with Crippen LogP contribution in [0.25, 0.3) is 0 Å². The fourth-order valence-corrected chi connectivity index (χ4v) is 3.53. The van der Waals surface area contributed by atoms with Crippen molar-refractivity contribution in [2.45, 2.75) is 19.9 Å². The largest absolute Gasteiger partial charge is 0.395 e. The number of aliphatic hydroxyl groups excluding tert-OH is 1. The van der Waals surface area contributed by atoms with Crippen LogP contribution < -0.4 is 9.80 Å². The van der Waals surface area contributed by atoms with E-state index in [4.69, 9.17) is 5.11 Å². The molecule has 0 aliphatic carbocycles. The van der Waals surface area contributed by atoms with Crippen LogP contribution in [0.5, 0.6) is 0 Å². The maximum Gasteiger partial charge on any atom is 0.254 e. The van der Waals surface area contributed by atoms with Crippen molar-refractivity contribution in [1.82, 2.24) is 4.90 Å². The molecule has 1 N–H and O–H groups in total. The summed E-state index contributed by atoms with van der Waals surface area (Å²) in [4.78, 5) is 31.1. The van der Waals surface area contributed by atoms with E-state index >= 15 is 0 Å². The Hall–Kier alpha value is -2.86. The summed E-state index contributed by atoms with van der Waals surface area (Å²) >= 11 is 0. The van der Waals surface area contributed by atoms with E-state index in [1.54, 1.807) is 21.9 Å². The minimum atomic E-state index is -0.137. The highest BCUT2D eigenvalue weighted by Gasteiger charge is 2.34. The van der Waals surface area contributed by atoms with Crippen molar-refractivity contribution in [2.24, 2.45) is 0 Å². The average molecular weight is 381 g/mol. The van der Waals surface area contributed by atoms with Crippen molar-refractivity contribution in [2.75, 3.05) is 43.1 Å². The number of hydrogen-bond acceptors (Lipinski definition) is 4. The highest BCUT2D eigenvalue weighted by Crippen LogP contribution is 2.25. The summed E-state index contributed by atoms with van der Waals surface area (Å²) in [6, 6.07) is 15.0. The monoisotopic (exact) mass is 381 g/mol. The van der Waals surface area contributed by atoms with E-state index in [1.165, 1.54) is 0 Å². The number of anilines is 2. The zero-order valence-electron chi connectivity index (χ0n) is 16.6. The fourth-order valence-electron chi connectivity index (χ4n) is 3.53. The van der Waals surface area contributed by atoms with E-state index in [0.717, 1.165) is 16.9 Å². The van der Waals surface area contributed by atoms with Crippen LogP contribution in [0.4, 0.5) is 11.4 Å². The van der Waals surface area contributed by atoms with Gasteiger partial charge in [0.15, 0.2) is 0 Å². The minimum Gasteiger partial charge on any atom is -0.395 e. The summed E-state index contributed by atoms with van der Waals surface area (Å²) in [6.07, 6.45) is 0. The SMILES string of the molecule is Cc1ccccc1N1C[C@@H](C)N(C(=O)c2ccc(N(C)CCO)cc2)CC1=O. The van der Waals surface area contributed by atoms with Gasteiger partial charge in [0, 0.05) is 43.1 Å². The molecule has 1 fully saturated rings. The molecule has 1 saturated heterocycles. The summed E-state index contributed by atoms with van der Waals surface area (Å²) < 4.78 is 0. The molecule has 2 aromatic rings. The zero-order valence-corrected chi connectivity index (χ0v) is 16.6. The molecule has 2 amide bonds. The van der Waals surface area contributed by atoms with Gasteiger partial charge in [-0.05, 0) is 49.7 Å². The van der Waals surface area contributed by atoms with E-state index in [9.17, 15) is 9.59 Å². The summed E-state index contributed by atoms with van der Waals surface area (Å²) in [5.74, 6) is -0.207. The number of carbonyl (C=O) groups is 2. The van der Waals surface area contributed by atoms with Crippen molar-refractivity contribution in [3.05, 3.63) is 59.7 Å². The molecule has 1 aliphatic heterocycles. The molecule has 1 heterocycles. The van der Waals surface area contributed by atoms with Crippen LogP contribution in [0.3, 0.4) is 0 Å². The Kier molecular flexibility index (Phi) is 5.99. The van der Waals surface area contributed by atoms with Gasteiger partial charge in [0.05, 0.1) is 6.61 Å². The van der Waals surface area contributed by atoms with Crippen molar-refractivity contribution >= 4 is 23.2 Å². The molecule has 0 radical (unpaired) electrons. The molecular formula is C22H27N3O3. The lowest BCUT2D eigenvalue weighted by Crippen LogP contribution is -2.57. The molecule has 0 aromatic heterocycles. The molecule has 28 heavy (non-hydrogen) atoms. The van der Waals surface area contributed by atoms with Crippen molar-refractivity contribution in [1.29, 1.82) is 0 Å². The molecule has 2 aromatic carbocycles. The van der Waals surface area contributed by atoms with Crippen LogP contribution in [0.1, 0.15) is 22.8 Å². The molecule has 0 bridgehead atoms. The van der Waals surface area contributed by atoms with Crippen molar-refractivity contribution < 1.29 is 14.7 Å². The molecule has 1 aliphatic rings. The van der Waals surface area contributed by atoms with Gasteiger partial charge < -0.3 is 19.8 Å². The summed E-state index contributed by atoms with van der Waals surface area (Å²) in [5.41, 5.74) is 3.44. The van der Waals surface area contributed by atoms with E-state index < -0.39 is 0 Å².